The third-order valence-electron chi connectivity index (χ3n) is 3.69. The topological polar surface area (TPSA) is 98.3 Å². The fourth-order valence-electron chi connectivity index (χ4n) is 2.51. The number of nitrogens with zero attached hydrogens (tertiary/aromatic N) is 3. The molecule has 0 amide bonds. The summed E-state index contributed by atoms with van der Waals surface area (Å²) in [5.74, 6) is -1.62. The first kappa shape index (κ1) is 17.6. The van der Waals surface area contributed by atoms with Crippen LogP contribution in [0, 0.1) is 15.9 Å². The van der Waals surface area contributed by atoms with Gasteiger partial charge in [-0.2, -0.15) is 5.10 Å². The van der Waals surface area contributed by atoms with Crippen LogP contribution in [-0.2, 0) is 11.3 Å². The van der Waals surface area contributed by atoms with Gasteiger partial charge in [0.05, 0.1) is 22.7 Å². The zero-order valence-corrected chi connectivity index (χ0v) is 13.9. The minimum Gasteiger partial charge on any atom is -0.478 e. The molecule has 7 nitrogen and oxygen atoms in total. The van der Waals surface area contributed by atoms with Gasteiger partial charge in [-0.1, -0.05) is 17.7 Å². The van der Waals surface area contributed by atoms with Crippen molar-refractivity contribution in [1.29, 1.82) is 0 Å². The largest absolute Gasteiger partial charge is 0.478 e. The number of hydrogen-bond acceptors (Lipinski definition) is 4. The van der Waals surface area contributed by atoms with Crippen LogP contribution in [0.25, 0.3) is 17.0 Å². The Kier molecular flexibility index (Phi) is 4.68. The number of carboxylic acid groups (broad SMARTS) is 1. The molecule has 0 saturated heterocycles. The molecule has 2 aromatic carbocycles. The SMILES string of the molecule is O=C(O)/C=C/c1nn(Cc2ccc(F)cc2Cl)c2cc([N+](=O)[O-])ccc12. The number of nitro benzene ring substituents is 1. The highest BCUT2D eigenvalue weighted by molar-refractivity contribution is 6.31. The molecule has 1 heterocycles. The van der Waals surface area contributed by atoms with Crippen LogP contribution in [0.5, 0.6) is 0 Å². The van der Waals surface area contributed by atoms with Crippen molar-refractivity contribution in [3.8, 4) is 0 Å². The maximum atomic E-state index is 13.2. The summed E-state index contributed by atoms with van der Waals surface area (Å²) in [5, 5.41) is 24.9. The quantitative estimate of drug-likeness (QED) is 0.414. The molecule has 0 unspecified atom stereocenters. The van der Waals surface area contributed by atoms with Gasteiger partial charge >= 0.3 is 5.97 Å². The zero-order valence-electron chi connectivity index (χ0n) is 13.1. The highest BCUT2D eigenvalue weighted by Crippen LogP contribution is 2.27. The second kappa shape index (κ2) is 6.93. The van der Waals surface area contributed by atoms with Gasteiger partial charge in [-0.05, 0) is 29.8 Å². The van der Waals surface area contributed by atoms with Crippen LogP contribution in [-0.4, -0.2) is 25.8 Å². The summed E-state index contributed by atoms with van der Waals surface area (Å²) in [5.41, 5.74) is 1.22. The Balaban J connectivity index is 2.14. The number of aliphatic carboxylic acids is 1. The van der Waals surface area contributed by atoms with Crippen molar-refractivity contribution in [1.82, 2.24) is 9.78 Å². The van der Waals surface area contributed by atoms with Gasteiger partial charge in [0.15, 0.2) is 0 Å². The third kappa shape index (κ3) is 3.55. The van der Waals surface area contributed by atoms with Gasteiger partial charge in [0, 0.05) is 28.6 Å². The molecule has 1 aromatic heterocycles. The number of nitro groups is 1. The Bertz CT molecular complexity index is 1060. The van der Waals surface area contributed by atoms with Crippen molar-refractivity contribution in [3.63, 3.8) is 0 Å². The number of carboxylic acids is 1. The summed E-state index contributed by atoms with van der Waals surface area (Å²) in [7, 11) is 0. The number of rotatable bonds is 5. The maximum Gasteiger partial charge on any atom is 0.328 e. The lowest BCUT2D eigenvalue weighted by molar-refractivity contribution is -0.384. The number of carbonyl (C=O) groups is 1. The van der Waals surface area contributed by atoms with E-state index in [0.29, 0.717) is 22.2 Å². The van der Waals surface area contributed by atoms with Crippen LogP contribution in [0.4, 0.5) is 10.1 Å². The molecule has 1 N–H and O–H groups in total. The molecule has 0 radical (unpaired) electrons. The van der Waals surface area contributed by atoms with Crippen molar-refractivity contribution in [2.75, 3.05) is 0 Å². The molecule has 0 saturated carbocycles. The Morgan fingerprint density at radius 2 is 2.12 bits per heavy atom. The molecule has 0 fully saturated rings. The third-order valence-corrected chi connectivity index (χ3v) is 4.05. The van der Waals surface area contributed by atoms with Crippen LogP contribution in [0.2, 0.25) is 5.02 Å². The van der Waals surface area contributed by atoms with Crippen LogP contribution in [0.1, 0.15) is 11.3 Å². The second-order valence-electron chi connectivity index (χ2n) is 5.41. The first-order chi connectivity index (χ1) is 12.3. The van der Waals surface area contributed by atoms with Crippen molar-refractivity contribution in [3.05, 3.63) is 74.7 Å². The Hall–Kier alpha value is -3.26. The van der Waals surface area contributed by atoms with Crippen LogP contribution >= 0.6 is 11.6 Å². The van der Waals surface area contributed by atoms with E-state index in [2.05, 4.69) is 5.10 Å². The van der Waals surface area contributed by atoms with E-state index >= 15 is 0 Å². The van der Waals surface area contributed by atoms with E-state index in [4.69, 9.17) is 16.7 Å². The maximum absolute atomic E-state index is 13.2. The van der Waals surface area contributed by atoms with Gasteiger partial charge < -0.3 is 5.11 Å². The summed E-state index contributed by atoms with van der Waals surface area (Å²) in [4.78, 5) is 21.3. The van der Waals surface area contributed by atoms with E-state index < -0.39 is 16.7 Å². The van der Waals surface area contributed by atoms with Crippen molar-refractivity contribution in [2.45, 2.75) is 6.54 Å². The molecule has 26 heavy (non-hydrogen) atoms. The summed E-state index contributed by atoms with van der Waals surface area (Å²) in [6.45, 7) is 0.137. The molecule has 0 aliphatic rings. The first-order valence-corrected chi connectivity index (χ1v) is 7.73. The molecule has 0 aliphatic carbocycles. The predicted molar refractivity (Wildman–Crippen MR) is 93.6 cm³/mol. The average molecular weight is 376 g/mol. The van der Waals surface area contributed by atoms with Crippen LogP contribution in [0.3, 0.4) is 0 Å². The fourth-order valence-corrected chi connectivity index (χ4v) is 2.73. The number of benzene rings is 2. The van der Waals surface area contributed by atoms with E-state index in [0.717, 1.165) is 12.1 Å². The lowest BCUT2D eigenvalue weighted by atomic mass is 10.1. The summed E-state index contributed by atoms with van der Waals surface area (Å²) in [6.07, 6.45) is 2.23. The number of fused-ring (bicyclic) bond motifs is 1. The summed E-state index contributed by atoms with van der Waals surface area (Å²) < 4.78 is 14.7. The average Bonchev–Trinajstić information content (AvgIpc) is 2.92. The molecule has 132 valence electrons. The molecular weight excluding hydrogens is 365 g/mol. The minimum atomic E-state index is -1.14. The number of halogens is 2. The van der Waals surface area contributed by atoms with E-state index in [-0.39, 0.29) is 17.3 Å². The predicted octanol–water partition coefficient (Wildman–Crippen LogP) is 3.88. The lowest BCUT2D eigenvalue weighted by Gasteiger charge is -2.06. The highest BCUT2D eigenvalue weighted by Gasteiger charge is 2.15. The summed E-state index contributed by atoms with van der Waals surface area (Å²) >= 11 is 6.04. The Morgan fingerprint density at radius 1 is 1.35 bits per heavy atom. The van der Waals surface area contributed by atoms with Gasteiger partial charge in [-0.15, -0.1) is 0 Å². The number of non-ortho nitro benzene ring substituents is 1. The van der Waals surface area contributed by atoms with Gasteiger partial charge in [-0.3, -0.25) is 14.8 Å². The molecule has 9 heteroatoms. The van der Waals surface area contributed by atoms with E-state index in [1.54, 1.807) is 0 Å². The summed E-state index contributed by atoms with van der Waals surface area (Å²) in [6, 6.07) is 8.08. The zero-order chi connectivity index (χ0) is 18.8. The van der Waals surface area contributed by atoms with Gasteiger partial charge in [0.25, 0.3) is 5.69 Å². The Labute approximate surface area is 151 Å². The standard InChI is InChI=1S/C17H11ClFN3O4/c18-14-7-11(19)2-1-10(14)9-21-16-8-12(22(25)26)3-4-13(16)15(20-21)5-6-17(23)24/h1-8H,9H2,(H,23,24)/b6-5+. The molecule has 0 aliphatic heterocycles. The monoisotopic (exact) mass is 375 g/mol. The number of hydrogen-bond donors (Lipinski definition) is 1. The highest BCUT2D eigenvalue weighted by atomic mass is 35.5. The molecule has 0 spiro atoms. The molecule has 3 aromatic rings. The van der Waals surface area contributed by atoms with Crippen LogP contribution in [0.15, 0.2) is 42.5 Å². The fraction of sp³-hybridized carbons (Fsp3) is 0.0588. The van der Waals surface area contributed by atoms with E-state index in [1.165, 1.54) is 41.1 Å². The van der Waals surface area contributed by atoms with Gasteiger partial charge in [0.2, 0.25) is 0 Å². The molecular formula is C17H11ClFN3O4. The first-order valence-electron chi connectivity index (χ1n) is 7.35. The smallest absolute Gasteiger partial charge is 0.328 e. The van der Waals surface area contributed by atoms with Crippen LogP contribution < -0.4 is 0 Å². The molecule has 0 bridgehead atoms. The normalized spacial score (nSPS) is 11.3. The lowest BCUT2D eigenvalue weighted by Crippen LogP contribution is -2.03. The van der Waals surface area contributed by atoms with E-state index in [1.807, 2.05) is 0 Å². The van der Waals surface area contributed by atoms with Crippen molar-refractivity contribution in [2.24, 2.45) is 0 Å². The Morgan fingerprint density at radius 3 is 2.77 bits per heavy atom. The van der Waals surface area contributed by atoms with Crippen molar-refractivity contribution < 1.29 is 19.2 Å². The van der Waals surface area contributed by atoms with Crippen molar-refractivity contribution >= 4 is 40.2 Å². The number of aromatic nitrogens is 2. The minimum absolute atomic E-state index is 0.127. The van der Waals surface area contributed by atoms with E-state index in [9.17, 15) is 19.3 Å². The second-order valence-corrected chi connectivity index (χ2v) is 5.82. The van der Waals surface area contributed by atoms with Gasteiger partial charge in [0.1, 0.15) is 5.82 Å². The molecule has 0 atom stereocenters. The van der Waals surface area contributed by atoms with Gasteiger partial charge in [-0.25, -0.2) is 9.18 Å². The molecule has 3 rings (SSSR count).